The molecule has 2 heterocycles. The van der Waals surface area contributed by atoms with Crippen LogP contribution in [0.1, 0.15) is 32.9 Å². The number of hydrazine groups is 1. The van der Waals surface area contributed by atoms with Gasteiger partial charge in [0, 0.05) is 17.1 Å². The van der Waals surface area contributed by atoms with Crippen molar-refractivity contribution in [3.63, 3.8) is 0 Å². The lowest BCUT2D eigenvalue weighted by molar-refractivity contribution is 0.0957. The number of nitrogens with two attached hydrogens (primary N) is 1. The second-order valence-electron chi connectivity index (χ2n) is 3.78. The highest BCUT2D eigenvalue weighted by Crippen LogP contribution is 2.29. The van der Waals surface area contributed by atoms with E-state index in [4.69, 9.17) is 5.84 Å². The van der Waals surface area contributed by atoms with Crippen molar-refractivity contribution in [1.82, 2.24) is 14.8 Å². The van der Waals surface area contributed by atoms with Crippen LogP contribution in [0.4, 0.5) is 0 Å². The molecule has 0 bridgehead atoms. The van der Waals surface area contributed by atoms with Crippen LogP contribution in [0.5, 0.6) is 0 Å². The molecule has 5 nitrogen and oxygen atoms in total. The van der Waals surface area contributed by atoms with E-state index in [-0.39, 0.29) is 5.91 Å². The molecule has 3 N–H and O–H groups in total. The first-order valence-corrected chi connectivity index (χ1v) is 8.27. The van der Waals surface area contributed by atoms with Gasteiger partial charge in [-0.05, 0) is 30.1 Å². The molecule has 102 valence electrons. The Morgan fingerprint density at radius 1 is 1.58 bits per heavy atom. The fourth-order valence-electron chi connectivity index (χ4n) is 1.43. The maximum absolute atomic E-state index is 11.4. The Hall–Kier alpha value is -0.960. The number of nitrogen functional groups attached to an aromatic ring is 1. The van der Waals surface area contributed by atoms with Crippen molar-refractivity contribution in [1.29, 1.82) is 0 Å². The van der Waals surface area contributed by atoms with E-state index in [1.807, 2.05) is 19.9 Å². The highest BCUT2D eigenvalue weighted by atomic mass is 32.2. The van der Waals surface area contributed by atoms with E-state index >= 15 is 0 Å². The highest BCUT2D eigenvalue weighted by Gasteiger charge is 2.12. The monoisotopic (exact) mass is 314 g/mol. The van der Waals surface area contributed by atoms with E-state index in [0.717, 1.165) is 32.8 Å². The second kappa shape index (κ2) is 6.47. The van der Waals surface area contributed by atoms with E-state index in [9.17, 15) is 4.79 Å². The van der Waals surface area contributed by atoms with Gasteiger partial charge in [-0.15, -0.1) is 11.3 Å². The van der Waals surface area contributed by atoms with Crippen LogP contribution in [-0.2, 0) is 12.2 Å². The van der Waals surface area contributed by atoms with Crippen LogP contribution >= 0.6 is 34.6 Å². The summed E-state index contributed by atoms with van der Waals surface area (Å²) in [6, 6.07) is 1.89. The summed E-state index contributed by atoms with van der Waals surface area (Å²) in [6.07, 6.45) is 0.857. The van der Waals surface area contributed by atoms with Crippen LogP contribution in [0, 0.1) is 6.92 Å². The van der Waals surface area contributed by atoms with Crippen molar-refractivity contribution < 1.29 is 4.79 Å². The number of hydrogen-bond acceptors (Lipinski definition) is 7. The number of hydrogen-bond donors (Lipinski definition) is 2. The number of nitrogens with zero attached hydrogens (tertiary/aromatic N) is 2. The summed E-state index contributed by atoms with van der Waals surface area (Å²) in [6.45, 7) is 4.04. The van der Waals surface area contributed by atoms with Gasteiger partial charge in [0.2, 0.25) is 0 Å². The van der Waals surface area contributed by atoms with E-state index < -0.39 is 0 Å². The predicted molar refractivity (Wildman–Crippen MR) is 79.6 cm³/mol. The molecule has 0 aliphatic carbocycles. The van der Waals surface area contributed by atoms with Crippen LogP contribution in [0.3, 0.4) is 0 Å². The fraction of sp³-hybridized carbons (Fsp3) is 0.364. The summed E-state index contributed by atoms with van der Waals surface area (Å²) >= 11 is 4.52. The Morgan fingerprint density at radius 3 is 3.00 bits per heavy atom. The summed E-state index contributed by atoms with van der Waals surface area (Å²) in [4.78, 5) is 17.6. The number of amides is 1. The molecule has 0 saturated carbocycles. The Morgan fingerprint density at radius 2 is 2.37 bits per heavy atom. The minimum Gasteiger partial charge on any atom is -0.289 e. The van der Waals surface area contributed by atoms with E-state index in [0.29, 0.717) is 4.88 Å². The molecular formula is C11H14N4OS3. The van der Waals surface area contributed by atoms with Crippen LogP contribution in [-0.4, -0.2) is 15.3 Å². The van der Waals surface area contributed by atoms with Gasteiger partial charge in [0.05, 0.1) is 4.88 Å². The molecule has 2 aromatic rings. The second-order valence-corrected chi connectivity index (χ2v) is 7.01. The van der Waals surface area contributed by atoms with Gasteiger partial charge in [-0.1, -0.05) is 18.7 Å². The zero-order valence-electron chi connectivity index (χ0n) is 10.6. The molecule has 0 saturated heterocycles. The fourth-order valence-corrected chi connectivity index (χ4v) is 4.21. The number of thioether (sulfide) groups is 1. The summed E-state index contributed by atoms with van der Waals surface area (Å²) in [7, 11) is 0. The van der Waals surface area contributed by atoms with E-state index in [1.54, 1.807) is 11.8 Å². The number of aryl methyl sites for hydroxylation is 2. The number of rotatable bonds is 5. The van der Waals surface area contributed by atoms with Crippen molar-refractivity contribution in [2.45, 2.75) is 30.4 Å². The molecule has 0 aliphatic rings. The first-order chi connectivity index (χ1) is 9.13. The van der Waals surface area contributed by atoms with Gasteiger partial charge >= 0.3 is 0 Å². The summed E-state index contributed by atoms with van der Waals surface area (Å²) < 4.78 is 5.21. The number of aromatic nitrogens is 2. The molecule has 0 spiro atoms. The van der Waals surface area contributed by atoms with E-state index in [2.05, 4.69) is 14.8 Å². The molecule has 2 aromatic heterocycles. The summed E-state index contributed by atoms with van der Waals surface area (Å²) in [5.41, 5.74) is 3.29. The van der Waals surface area contributed by atoms with E-state index in [1.165, 1.54) is 22.9 Å². The van der Waals surface area contributed by atoms with Gasteiger partial charge in [0.25, 0.3) is 5.91 Å². The third-order valence-corrected chi connectivity index (χ3v) is 5.50. The quantitative estimate of drug-likeness (QED) is 0.383. The minimum absolute atomic E-state index is 0.242. The molecule has 1 amide bonds. The molecule has 19 heavy (non-hydrogen) atoms. The zero-order valence-corrected chi connectivity index (χ0v) is 13.0. The van der Waals surface area contributed by atoms with Gasteiger partial charge in [0.15, 0.2) is 4.34 Å². The Kier molecular flexibility index (Phi) is 4.92. The Balaban J connectivity index is 2.03. The topological polar surface area (TPSA) is 80.9 Å². The maximum atomic E-state index is 11.4. The largest absolute Gasteiger partial charge is 0.289 e. The van der Waals surface area contributed by atoms with Gasteiger partial charge < -0.3 is 0 Å². The molecule has 0 aromatic carbocycles. The maximum Gasteiger partial charge on any atom is 0.275 e. The van der Waals surface area contributed by atoms with Crippen molar-refractivity contribution in [2.75, 3.05) is 0 Å². The van der Waals surface area contributed by atoms with Crippen LogP contribution in [0.2, 0.25) is 0 Å². The molecule has 0 aliphatic heterocycles. The van der Waals surface area contributed by atoms with Crippen LogP contribution < -0.4 is 11.3 Å². The van der Waals surface area contributed by atoms with Gasteiger partial charge in [0.1, 0.15) is 5.82 Å². The average molecular weight is 314 g/mol. The first-order valence-electron chi connectivity index (χ1n) is 5.69. The molecule has 0 fully saturated rings. The summed E-state index contributed by atoms with van der Waals surface area (Å²) in [5, 5.41) is 0. The highest BCUT2D eigenvalue weighted by molar-refractivity contribution is 8.00. The minimum atomic E-state index is -0.242. The van der Waals surface area contributed by atoms with Gasteiger partial charge in [-0.2, -0.15) is 4.37 Å². The van der Waals surface area contributed by atoms with Gasteiger partial charge in [-0.3, -0.25) is 10.2 Å². The van der Waals surface area contributed by atoms with Crippen LogP contribution in [0.15, 0.2) is 10.4 Å². The SMILES string of the molecule is CCc1nsc(SCc2cc(C(=O)NN)sc2C)n1. The number of thiophene rings is 1. The zero-order chi connectivity index (χ0) is 13.8. The molecule has 0 radical (unpaired) electrons. The lowest BCUT2D eigenvalue weighted by Crippen LogP contribution is -2.29. The molecule has 8 heteroatoms. The standard InChI is InChI=1S/C11H14N4OS3/c1-3-9-13-11(19-15-9)17-5-7-4-8(10(16)14-12)18-6(7)2/h4H,3,5,12H2,1-2H3,(H,14,16). The van der Waals surface area contributed by atoms with Crippen molar-refractivity contribution >= 4 is 40.5 Å². The average Bonchev–Trinajstić information content (AvgIpc) is 3.02. The molecule has 2 rings (SSSR count). The number of nitrogens with one attached hydrogen (secondary N) is 1. The van der Waals surface area contributed by atoms with Crippen molar-refractivity contribution in [2.24, 2.45) is 5.84 Å². The third kappa shape index (κ3) is 3.53. The van der Waals surface area contributed by atoms with Crippen molar-refractivity contribution in [3.05, 3.63) is 27.2 Å². The van der Waals surface area contributed by atoms with Gasteiger partial charge in [-0.25, -0.2) is 10.8 Å². The predicted octanol–water partition coefficient (Wildman–Crippen LogP) is 2.37. The normalized spacial score (nSPS) is 10.7. The Bertz CT molecular complexity index is 578. The van der Waals surface area contributed by atoms with Crippen LogP contribution in [0.25, 0.3) is 0 Å². The smallest absolute Gasteiger partial charge is 0.275 e. The molecular weight excluding hydrogens is 300 g/mol. The molecule has 0 atom stereocenters. The first kappa shape index (κ1) is 14.4. The van der Waals surface area contributed by atoms with Crippen molar-refractivity contribution in [3.8, 4) is 0 Å². The lowest BCUT2D eigenvalue weighted by atomic mass is 10.3. The molecule has 0 unspecified atom stereocenters. The third-order valence-electron chi connectivity index (χ3n) is 2.49. The number of carbonyl (C=O) groups is 1. The lowest BCUT2D eigenvalue weighted by Gasteiger charge is -1.96. The Labute approximate surface area is 123 Å². The number of carbonyl (C=O) groups excluding carboxylic acids is 1. The summed E-state index contributed by atoms with van der Waals surface area (Å²) in [5.74, 6) is 6.57.